The van der Waals surface area contributed by atoms with Gasteiger partial charge in [-0.2, -0.15) is 0 Å². The van der Waals surface area contributed by atoms with Gasteiger partial charge in [0.05, 0.1) is 15.6 Å². The van der Waals surface area contributed by atoms with E-state index in [1.54, 1.807) is 6.07 Å². The predicted molar refractivity (Wildman–Crippen MR) is 83.8 cm³/mol. The molecule has 1 heterocycles. The van der Waals surface area contributed by atoms with E-state index in [0.29, 0.717) is 28.1 Å². The number of anilines is 1. The highest BCUT2D eigenvalue weighted by Crippen LogP contribution is 2.35. The third-order valence-electron chi connectivity index (χ3n) is 3.38. The van der Waals surface area contributed by atoms with Gasteiger partial charge in [0.15, 0.2) is 0 Å². The molecule has 0 saturated carbocycles. The van der Waals surface area contributed by atoms with Gasteiger partial charge in [-0.1, -0.05) is 17.7 Å². The smallest absolute Gasteiger partial charge is 0.264 e. The lowest BCUT2D eigenvalue weighted by molar-refractivity contribution is 0.592. The van der Waals surface area contributed by atoms with E-state index in [0.717, 1.165) is 5.56 Å². The van der Waals surface area contributed by atoms with Crippen LogP contribution in [0.1, 0.15) is 5.56 Å². The van der Waals surface area contributed by atoms with Gasteiger partial charge in [-0.05, 0) is 58.2 Å². The normalized spacial score (nSPS) is 14.3. The van der Waals surface area contributed by atoms with Crippen LogP contribution < -0.4 is 4.31 Å². The van der Waals surface area contributed by atoms with E-state index < -0.39 is 15.8 Å². The van der Waals surface area contributed by atoms with E-state index in [-0.39, 0.29) is 4.90 Å². The first-order valence-corrected chi connectivity index (χ1v) is 8.77. The molecule has 0 atom stereocenters. The summed E-state index contributed by atoms with van der Waals surface area (Å²) in [5, 5.41) is 0.432. The molecule has 3 nitrogen and oxygen atoms in total. The highest BCUT2D eigenvalue weighted by molar-refractivity contribution is 9.10. The molecule has 0 saturated heterocycles. The summed E-state index contributed by atoms with van der Waals surface area (Å²) in [5.74, 6) is -0.451. The molecule has 0 radical (unpaired) electrons. The molecule has 2 aromatic rings. The maximum absolute atomic E-state index is 13.4. The summed E-state index contributed by atoms with van der Waals surface area (Å²) in [6.45, 7) is 0.307. The molecular weight excluding hydrogens is 381 g/mol. The van der Waals surface area contributed by atoms with Crippen molar-refractivity contribution in [2.45, 2.75) is 11.3 Å². The largest absolute Gasteiger partial charge is 0.266 e. The number of hydrogen-bond acceptors (Lipinski definition) is 2. The Morgan fingerprint density at radius 3 is 2.67 bits per heavy atom. The van der Waals surface area contributed by atoms with E-state index in [9.17, 15) is 12.8 Å². The molecule has 0 amide bonds. The van der Waals surface area contributed by atoms with Gasteiger partial charge in [-0.15, -0.1) is 0 Å². The van der Waals surface area contributed by atoms with Crippen molar-refractivity contribution >= 4 is 43.2 Å². The highest BCUT2D eigenvalue weighted by atomic mass is 79.9. The van der Waals surface area contributed by atoms with Gasteiger partial charge >= 0.3 is 0 Å². The molecule has 0 aromatic heterocycles. The zero-order valence-electron chi connectivity index (χ0n) is 10.7. The number of fused-ring (bicyclic) bond motifs is 1. The first-order valence-electron chi connectivity index (χ1n) is 6.16. The van der Waals surface area contributed by atoms with Gasteiger partial charge in [-0.3, -0.25) is 4.31 Å². The Hall–Kier alpha value is -1.11. The van der Waals surface area contributed by atoms with Crippen LogP contribution in [-0.4, -0.2) is 15.0 Å². The van der Waals surface area contributed by atoms with Crippen LogP contribution in [0.15, 0.2) is 45.8 Å². The summed E-state index contributed by atoms with van der Waals surface area (Å²) in [6, 6.07) is 8.63. The average Bonchev–Trinajstić information content (AvgIpc) is 2.85. The van der Waals surface area contributed by atoms with Crippen LogP contribution in [0.2, 0.25) is 5.02 Å². The Morgan fingerprint density at radius 1 is 1.19 bits per heavy atom. The van der Waals surface area contributed by atoms with Gasteiger partial charge in [-0.25, -0.2) is 12.8 Å². The second-order valence-electron chi connectivity index (χ2n) is 4.68. The lowest BCUT2D eigenvalue weighted by atomic mass is 10.2. The number of hydrogen-bond donors (Lipinski definition) is 0. The third-order valence-corrected chi connectivity index (χ3v) is 6.40. The minimum Gasteiger partial charge on any atom is -0.266 e. The van der Waals surface area contributed by atoms with Crippen LogP contribution in [0.4, 0.5) is 10.1 Å². The van der Waals surface area contributed by atoms with Gasteiger partial charge in [0.2, 0.25) is 0 Å². The molecular formula is C14H10BrClFNO2S. The second-order valence-corrected chi connectivity index (χ2v) is 7.80. The molecule has 7 heteroatoms. The van der Waals surface area contributed by atoms with Gasteiger partial charge < -0.3 is 0 Å². The highest BCUT2D eigenvalue weighted by Gasteiger charge is 2.31. The van der Waals surface area contributed by atoms with Gasteiger partial charge in [0, 0.05) is 11.0 Å². The van der Waals surface area contributed by atoms with E-state index in [1.807, 2.05) is 0 Å². The Kier molecular flexibility index (Phi) is 3.71. The lowest BCUT2D eigenvalue weighted by Crippen LogP contribution is -2.29. The minimum absolute atomic E-state index is 0.121. The number of nitrogens with zero attached hydrogens (tertiary/aromatic N) is 1. The molecule has 3 rings (SSSR count). The molecule has 1 aliphatic heterocycles. The summed E-state index contributed by atoms with van der Waals surface area (Å²) in [4.78, 5) is 0.121. The standard InChI is InChI=1S/C14H10BrClFNO2S/c15-12-8-11(3-4-13(12)16)21(19,20)18-6-5-9-1-2-10(17)7-14(9)18/h1-4,7-8H,5-6H2. The van der Waals surface area contributed by atoms with Crippen molar-refractivity contribution in [2.24, 2.45) is 0 Å². The van der Waals surface area contributed by atoms with Crippen LogP contribution in [0.25, 0.3) is 0 Å². The molecule has 0 bridgehead atoms. The van der Waals surface area contributed by atoms with E-state index in [1.165, 1.54) is 34.6 Å². The maximum atomic E-state index is 13.4. The first kappa shape index (κ1) is 14.8. The van der Waals surface area contributed by atoms with Crippen LogP contribution in [0.3, 0.4) is 0 Å². The van der Waals surface area contributed by atoms with Crippen molar-refractivity contribution in [1.29, 1.82) is 0 Å². The van der Waals surface area contributed by atoms with Crippen LogP contribution in [0, 0.1) is 5.82 Å². The molecule has 21 heavy (non-hydrogen) atoms. The molecule has 0 fully saturated rings. The second kappa shape index (κ2) is 5.26. The van der Waals surface area contributed by atoms with Gasteiger partial charge in [0.25, 0.3) is 10.0 Å². The Labute approximate surface area is 135 Å². The van der Waals surface area contributed by atoms with Crippen molar-refractivity contribution in [2.75, 3.05) is 10.8 Å². The number of rotatable bonds is 2. The zero-order valence-corrected chi connectivity index (χ0v) is 13.8. The number of sulfonamides is 1. The molecule has 110 valence electrons. The Balaban J connectivity index is 2.09. The SMILES string of the molecule is O=S(=O)(c1ccc(Cl)c(Br)c1)N1CCc2ccc(F)cc21. The van der Waals surface area contributed by atoms with Crippen molar-refractivity contribution < 1.29 is 12.8 Å². The number of benzene rings is 2. The Morgan fingerprint density at radius 2 is 1.95 bits per heavy atom. The summed E-state index contributed by atoms with van der Waals surface area (Å²) in [5.41, 5.74) is 1.23. The fraction of sp³-hybridized carbons (Fsp3) is 0.143. The van der Waals surface area contributed by atoms with Gasteiger partial charge in [0.1, 0.15) is 5.82 Å². The van der Waals surface area contributed by atoms with E-state index in [4.69, 9.17) is 11.6 Å². The minimum atomic E-state index is -3.73. The topological polar surface area (TPSA) is 37.4 Å². The molecule has 2 aromatic carbocycles. The van der Waals surface area contributed by atoms with Crippen LogP contribution in [-0.2, 0) is 16.4 Å². The van der Waals surface area contributed by atoms with Crippen molar-refractivity contribution in [3.63, 3.8) is 0 Å². The third kappa shape index (κ3) is 2.56. The van der Waals surface area contributed by atoms with E-state index in [2.05, 4.69) is 15.9 Å². The zero-order chi connectivity index (χ0) is 15.2. The van der Waals surface area contributed by atoms with Crippen LogP contribution >= 0.6 is 27.5 Å². The molecule has 1 aliphatic rings. The lowest BCUT2D eigenvalue weighted by Gasteiger charge is -2.20. The summed E-state index contributed by atoms with van der Waals surface area (Å²) in [6.07, 6.45) is 0.573. The molecule has 0 N–H and O–H groups in total. The predicted octanol–water partition coefficient (Wildman–Crippen LogP) is 3.99. The summed E-state index contributed by atoms with van der Waals surface area (Å²) in [7, 11) is -3.73. The van der Waals surface area contributed by atoms with E-state index >= 15 is 0 Å². The molecule has 0 unspecified atom stereocenters. The van der Waals surface area contributed by atoms with Crippen LogP contribution in [0.5, 0.6) is 0 Å². The van der Waals surface area contributed by atoms with Crippen molar-refractivity contribution in [3.8, 4) is 0 Å². The summed E-state index contributed by atoms with van der Waals surface area (Å²) < 4.78 is 40.6. The monoisotopic (exact) mass is 389 g/mol. The van der Waals surface area contributed by atoms with Crippen molar-refractivity contribution in [3.05, 3.63) is 57.3 Å². The van der Waals surface area contributed by atoms with Crippen molar-refractivity contribution in [1.82, 2.24) is 0 Å². The fourth-order valence-electron chi connectivity index (χ4n) is 2.34. The quantitative estimate of drug-likeness (QED) is 0.777. The first-order chi connectivity index (χ1) is 9.89. The molecule has 0 aliphatic carbocycles. The Bertz CT molecular complexity index is 826. The maximum Gasteiger partial charge on any atom is 0.264 e. The molecule has 0 spiro atoms. The fourth-order valence-corrected chi connectivity index (χ4v) is 4.51. The summed E-state index contributed by atoms with van der Waals surface area (Å²) >= 11 is 9.10. The number of halogens is 3. The average molecular weight is 391 g/mol.